The summed E-state index contributed by atoms with van der Waals surface area (Å²) < 4.78 is 12.4. The van der Waals surface area contributed by atoms with E-state index in [2.05, 4.69) is 23.3 Å². The van der Waals surface area contributed by atoms with E-state index in [0.717, 1.165) is 37.9 Å². The molecule has 0 radical (unpaired) electrons. The molecule has 1 unspecified atom stereocenters. The second-order valence-electron chi connectivity index (χ2n) is 9.99. The van der Waals surface area contributed by atoms with E-state index in [9.17, 15) is 14.4 Å². The van der Waals surface area contributed by atoms with Crippen molar-refractivity contribution < 1.29 is 23.9 Å². The summed E-state index contributed by atoms with van der Waals surface area (Å²) in [4.78, 5) is 46.8. The number of unbranched alkanes of at least 4 members (excludes halogenated alkanes) is 1. The Labute approximate surface area is 224 Å². The van der Waals surface area contributed by atoms with E-state index >= 15 is 0 Å². The molecule has 1 spiro atoms. The van der Waals surface area contributed by atoms with E-state index < -0.39 is 5.60 Å². The predicted molar refractivity (Wildman–Crippen MR) is 144 cm³/mol. The number of carbonyl (C=O) groups is 3. The number of fused-ring (bicyclic) bond motifs is 1. The number of ether oxygens (including phenoxy) is 2. The Balaban J connectivity index is 1.57. The lowest BCUT2D eigenvalue weighted by Crippen LogP contribution is -2.62. The van der Waals surface area contributed by atoms with Crippen LogP contribution >= 0.6 is 0 Å². The fraction of sp³-hybridized carbons (Fsp3) is 0.517. The van der Waals surface area contributed by atoms with Gasteiger partial charge in [-0.05, 0) is 55.9 Å². The van der Waals surface area contributed by atoms with Crippen LogP contribution in [0, 0.1) is 0 Å². The van der Waals surface area contributed by atoms with E-state index in [4.69, 9.17) is 9.47 Å². The van der Waals surface area contributed by atoms with E-state index in [0.29, 0.717) is 44.0 Å². The number of para-hydroxylation sites is 1. The first-order valence-corrected chi connectivity index (χ1v) is 13.6. The molecule has 1 fully saturated rings. The van der Waals surface area contributed by atoms with Crippen molar-refractivity contribution in [1.29, 1.82) is 0 Å². The molecule has 0 aliphatic carbocycles. The van der Waals surface area contributed by atoms with Crippen LogP contribution in [0.25, 0.3) is 0 Å². The molecular weight excluding hydrogens is 484 g/mol. The summed E-state index contributed by atoms with van der Waals surface area (Å²) in [5.74, 6) is 0.657. The molecule has 204 valence electrons. The van der Waals surface area contributed by atoms with Crippen LogP contribution in [0.15, 0.2) is 42.6 Å². The molecule has 1 aromatic heterocycles. The average molecular weight is 523 g/mol. The van der Waals surface area contributed by atoms with Gasteiger partial charge in [0.15, 0.2) is 5.60 Å². The minimum absolute atomic E-state index is 0.0745. The Morgan fingerprint density at radius 3 is 2.79 bits per heavy atom. The largest absolute Gasteiger partial charge is 0.491 e. The van der Waals surface area contributed by atoms with Gasteiger partial charge in [0, 0.05) is 31.8 Å². The van der Waals surface area contributed by atoms with Crippen LogP contribution in [0.3, 0.4) is 0 Å². The van der Waals surface area contributed by atoms with Crippen molar-refractivity contribution in [2.45, 2.75) is 58.0 Å². The lowest BCUT2D eigenvalue weighted by molar-refractivity contribution is -0.170. The summed E-state index contributed by atoms with van der Waals surface area (Å²) in [5.41, 5.74) is 0.477. The van der Waals surface area contributed by atoms with Crippen molar-refractivity contribution >= 4 is 23.5 Å². The zero-order valence-electron chi connectivity index (χ0n) is 22.4. The molecule has 1 atom stereocenters. The fourth-order valence-corrected chi connectivity index (χ4v) is 5.13. The van der Waals surface area contributed by atoms with Gasteiger partial charge in [0.1, 0.15) is 18.2 Å². The molecule has 3 amide bonds. The van der Waals surface area contributed by atoms with Gasteiger partial charge in [-0.15, -0.1) is 0 Å². The maximum absolute atomic E-state index is 14.1. The van der Waals surface area contributed by atoms with E-state index in [1.807, 2.05) is 23.1 Å². The summed E-state index contributed by atoms with van der Waals surface area (Å²) >= 11 is 0. The van der Waals surface area contributed by atoms with Crippen molar-refractivity contribution in [3.8, 4) is 5.75 Å². The number of aryl methyl sites for hydroxylation is 1. The van der Waals surface area contributed by atoms with Gasteiger partial charge in [-0.3, -0.25) is 14.4 Å². The first-order chi connectivity index (χ1) is 18.4. The molecule has 3 heterocycles. The third-order valence-electron chi connectivity index (χ3n) is 7.11. The number of nitrogens with one attached hydrogen (secondary N) is 1. The number of carbonyl (C=O) groups excluding carboxylic acids is 3. The maximum Gasteiger partial charge on any atom is 0.256 e. The van der Waals surface area contributed by atoms with Gasteiger partial charge in [0.05, 0.1) is 19.7 Å². The Hall–Kier alpha value is -3.46. The minimum atomic E-state index is -1.10. The number of aromatic nitrogens is 1. The highest BCUT2D eigenvalue weighted by Crippen LogP contribution is 2.30. The fourth-order valence-electron chi connectivity index (χ4n) is 5.13. The van der Waals surface area contributed by atoms with Gasteiger partial charge < -0.3 is 24.6 Å². The highest BCUT2D eigenvalue weighted by atomic mass is 16.5. The number of morpholine rings is 1. The van der Waals surface area contributed by atoms with Crippen LogP contribution in [-0.4, -0.2) is 77.5 Å². The van der Waals surface area contributed by atoms with Crippen molar-refractivity contribution in [2.75, 3.05) is 44.7 Å². The lowest BCUT2D eigenvalue weighted by Gasteiger charge is -2.44. The molecule has 9 nitrogen and oxygen atoms in total. The molecule has 1 saturated heterocycles. The number of amides is 3. The molecule has 2 aliphatic heterocycles. The summed E-state index contributed by atoms with van der Waals surface area (Å²) in [6.45, 7) is 5.81. The predicted octanol–water partition coefficient (Wildman–Crippen LogP) is 3.69. The summed E-state index contributed by atoms with van der Waals surface area (Å²) in [6.07, 6.45) is 6.40. The Kier molecular flexibility index (Phi) is 9.33. The van der Waals surface area contributed by atoms with Gasteiger partial charge in [0.2, 0.25) is 5.91 Å². The van der Waals surface area contributed by atoms with Crippen LogP contribution in [-0.2, 0) is 20.7 Å². The first kappa shape index (κ1) is 27.6. The van der Waals surface area contributed by atoms with Gasteiger partial charge in [-0.25, -0.2) is 4.98 Å². The van der Waals surface area contributed by atoms with Crippen LogP contribution in [0.1, 0.15) is 61.9 Å². The topological polar surface area (TPSA) is 101 Å². The molecule has 2 aromatic rings. The van der Waals surface area contributed by atoms with Crippen molar-refractivity contribution in [2.24, 2.45) is 0 Å². The highest BCUT2D eigenvalue weighted by molar-refractivity contribution is 5.97. The summed E-state index contributed by atoms with van der Waals surface area (Å²) in [5, 5.41) is 2.62. The van der Waals surface area contributed by atoms with E-state index in [-0.39, 0.29) is 30.9 Å². The number of rotatable bonds is 5. The van der Waals surface area contributed by atoms with Crippen LogP contribution in [0.4, 0.5) is 5.82 Å². The highest BCUT2D eigenvalue weighted by Gasteiger charge is 2.46. The summed E-state index contributed by atoms with van der Waals surface area (Å²) in [7, 11) is 0. The molecule has 0 saturated carbocycles. The lowest BCUT2D eigenvalue weighted by atomic mass is 9.90. The van der Waals surface area contributed by atoms with Gasteiger partial charge >= 0.3 is 0 Å². The molecule has 0 bridgehead atoms. The number of nitrogens with zero attached hydrogens (tertiary/aromatic N) is 3. The number of hydrogen-bond donors (Lipinski definition) is 1. The van der Waals surface area contributed by atoms with E-state index in [1.54, 1.807) is 17.0 Å². The van der Waals surface area contributed by atoms with Crippen molar-refractivity contribution in [1.82, 2.24) is 14.8 Å². The van der Waals surface area contributed by atoms with Crippen LogP contribution in [0.2, 0.25) is 0 Å². The van der Waals surface area contributed by atoms with Crippen LogP contribution in [0.5, 0.6) is 5.75 Å². The van der Waals surface area contributed by atoms with Crippen molar-refractivity contribution in [3.05, 3.63) is 53.7 Å². The number of benzene rings is 1. The zero-order chi connectivity index (χ0) is 27.0. The standard InChI is InChI=1S/C29H38N4O5/c1-3-4-15-32-16-18-37-25-11-6-5-9-23(25)10-7-8-13-29(28(32)36)21-33(17-19-38-29)27(35)24-12-14-30-26(20-24)31-22(2)34/h5-6,9,11-12,14,20H,3-4,7-8,10,13,15-19,21H2,1-2H3,(H,30,31,34). The number of anilines is 1. The quantitative estimate of drug-likeness (QED) is 0.643. The first-order valence-electron chi connectivity index (χ1n) is 13.6. The molecule has 9 heteroatoms. The normalized spacial score (nSPS) is 20.6. The van der Waals surface area contributed by atoms with Gasteiger partial charge in [-0.2, -0.15) is 0 Å². The second-order valence-corrected chi connectivity index (χ2v) is 9.99. The molecule has 2 aliphatic rings. The van der Waals surface area contributed by atoms with Gasteiger partial charge in [0.25, 0.3) is 11.8 Å². The molecular formula is C29H38N4O5. The minimum Gasteiger partial charge on any atom is -0.491 e. The molecule has 38 heavy (non-hydrogen) atoms. The Morgan fingerprint density at radius 1 is 1.13 bits per heavy atom. The zero-order valence-corrected chi connectivity index (χ0v) is 22.4. The SMILES string of the molecule is CCCCN1CCOc2ccccc2CCCCC2(CN(C(=O)c3ccnc(NC(C)=O)c3)CCO2)C1=O. The summed E-state index contributed by atoms with van der Waals surface area (Å²) in [6, 6.07) is 11.3. The second kappa shape index (κ2) is 12.9. The third-order valence-corrected chi connectivity index (χ3v) is 7.11. The number of pyridine rings is 1. The molecule has 4 rings (SSSR count). The van der Waals surface area contributed by atoms with Crippen LogP contribution < -0.4 is 10.1 Å². The Morgan fingerprint density at radius 2 is 1.97 bits per heavy atom. The average Bonchev–Trinajstić information content (AvgIpc) is 2.92. The maximum atomic E-state index is 14.1. The smallest absolute Gasteiger partial charge is 0.256 e. The number of hydrogen-bond acceptors (Lipinski definition) is 6. The van der Waals surface area contributed by atoms with Crippen molar-refractivity contribution in [3.63, 3.8) is 0 Å². The Bertz CT molecular complexity index is 1140. The third kappa shape index (κ3) is 6.69. The van der Waals surface area contributed by atoms with Gasteiger partial charge in [-0.1, -0.05) is 31.5 Å². The molecule has 1 N–H and O–H groups in total. The van der Waals surface area contributed by atoms with E-state index in [1.165, 1.54) is 18.7 Å². The molecule has 1 aromatic carbocycles. The monoisotopic (exact) mass is 522 g/mol.